The van der Waals surface area contributed by atoms with Gasteiger partial charge in [0.2, 0.25) is 0 Å². The van der Waals surface area contributed by atoms with E-state index in [2.05, 4.69) is 15.1 Å². The quantitative estimate of drug-likeness (QED) is 0.917. The summed E-state index contributed by atoms with van der Waals surface area (Å²) in [6.45, 7) is 4.47. The number of aromatic nitrogens is 4. The predicted molar refractivity (Wildman–Crippen MR) is 70.8 cm³/mol. The topological polar surface area (TPSA) is 69.6 Å². The number of nitrogens with zero attached hydrogens (tertiary/aromatic N) is 4. The molecule has 0 aromatic carbocycles. The molecule has 0 aliphatic carbocycles. The Balaban J connectivity index is 2.50. The molecule has 96 valence electrons. The van der Waals surface area contributed by atoms with Crippen molar-refractivity contribution in [1.82, 2.24) is 19.7 Å². The van der Waals surface area contributed by atoms with E-state index in [-0.39, 0.29) is 0 Å². The molecule has 2 heterocycles. The van der Waals surface area contributed by atoms with Crippen molar-refractivity contribution in [3.8, 4) is 5.82 Å². The summed E-state index contributed by atoms with van der Waals surface area (Å²) in [6, 6.07) is 1.82. The molecule has 0 bridgehead atoms. The van der Waals surface area contributed by atoms with Crippen molar-refractivity contribution in [2.75, 3.05) is 0 Å². The van der Waals surface area contributed by atoms with Gasteiger partial charge in [-0.3, -0.25) is 0 Å². The monoisotopic (exact) mass is 265 g/mol. The Hall–Kier alpha value is -1.46. The second-order valence-corrected chi connectivity index (χ2v) is 4.32. The fourth-order valence-electron chi connectivity index (χ4n) is 1.68. The Labute approximate surface area is 111 Å². The van der Waals surface area contributed by atoms with Crippen LogP contribution in [0.1, 0.15) is 31.1 Å². The summed E-state index contributed by atoms with van der Waals surface area (Å²) in [5.74, 6) is 2.27. The van der Waals surface area contributed by atoms with Gasteiger partial charge in [0, 0.05) is 25.6 Å². The third-order valence-electron chi connectivity index (χ3n) is 2.67. The number of halogens is 1. The average molecular weight is 266 g/mol. The van der Waals surface area contributed by atoms with Gasteiger partial charge in [-0.15, -0.1) is 5.10 Å². The molecule has 18 heavy (non-hydrogen) atoms. The molecular formula is C12H16ClN5. The van der Waals surface area contributed by atoms with Crippen molar-refractivity contribution in [2.24, 2.45) is 5.73 Å². The minimum Gasteiger partial charge on any atom is -0.326 e. The fourth-order valence-corrected chi connectivity index (χ4v) is 1.95. The van der Waals surface area contributed by atoms with Crippen LogP contribution in [0.15, 0.2) is 12.3 Å². The molecule has 0 radical (unpaired) electrons. The Bertz CT molecular complexity index is 549. The van der Waals surface area contributed by atoms with Crippen molar-refractivity contribution in [3.05, 3.63) is 34.5 Å². The molecule has 2 aromatic rings. The summed E-state index contributed by atoms with van der Waals surface area (Å²) >= 11 is 6.22. The van der Waals surface area contributed by atoms with Crippen LogP contribution in [-0.4, -0.2) is 19.7 Å². The lowest BCUT2D eigenvalue weighted by atomic mass is 10.3. The minimum absolute atomic E-state index is 0.422. The lowest BCUT2D eigenvalue weighted by molar-refractivity contribution is 0.767. The molecule has 2 N–H and O–H groups in total. The van der Waals surface area contributed by atoms with Gasteiger partial charge in [0.05, 0.1) is 5.02 Å². The zero-order valence-electron chi connectivity index (χ0n) is 10.5. The number of hydrogen-bond donors (Lipinski definition) is 1. The van der Waals surface area contributed by atoms with Crippen molar-refractivity contribution in [1.29, 1.82) is 0 Å². The third kappa shape index (κ3) is 2.37. The SMILES string of the molecule is CCc1nc(CC)n(-c2ncc(CN)cc2Cl)n1. The minimum atomic E-state index is 0.422. The first kappa shape index (κ1) is 13.0. The van der Waals surface area contributed by atoms with Crippen LogP contribution in [-0.2, 0) is 19.4 Å². The molecule has 6 heteroatoms. The molecule has 0 saturated heterocycles. The summed E-state index contributed by atoms with van der Waals surface area (Å²) in [6.07, 6.45) is 3.29. The van der Waals surface area contributed by atoms with Crippen LogP contribution >= 0.6 is 11.6 Å². The molecule has 0 aliphatic rings. The fraction of sp³-hybridized carbons (Fsp3) is 0.417. The molecule has 0 fully saturated rings. The van der Waals surface area contributed by atoms with Gasteiger partial charge in [-0.25, -0.2) is 9.97 Å². The van der Waals surface area contributed by atoms with Gasteiger partial charge in [-0.2, -0.15) is 4.68 Å². The molecule has 5 nitrogen and oxygen atoms in total. The van der Waals surface area contributed by atoms with Gasteiger partial charge in [0.15, 0.2) is 11.6 Å². The first-order valence-electron chi connectivity index (χ1n) is 5.99. The van der Waals surface area contributed by atoms with Crippen LogP contribution in [0.25, 0.3) is 5.82 Å². The van der Waals surface area contributed by atoms with Crippen LogP contribution in [0, 0.1) is 0 Å². The highest BCUT2D eigenvalue weighted by Gasteiger charge is 2.13. The molecule has 2 rings (SSSR count). The zero-order valence-corrected chi connectivity index (χ0v) is 11.3. The van der Waals surface area contributed by atoms with E-state index in [1.165, 1.54) is 0 Å². The maximum absolute atomic E-state index is 6.22. The smallest absolute Gasteiger partial charge is 0.174 e. The lowest BCUT2D eigenvalue weighted by Gasteiger charge is -2.06. The number of nitrogens with two attached hydrogens (primary N) is 1. The van der Waals surface area contributed by atoms with E-state index in [0.717, 1.165) is 30.1 Å². The Morgan fingerprint density at radius 2 is 2.11 bits per heavy atom. The van der Waals surface area contributed by atoms with Crippen LogP contribution in [0.2, 0.25) is 5.02 Å². The second kappa shape index (κ2) is 5.46. The highest BCUT2D eigenvalue weighted by atomic mass is 35.5. The maximum atomic E-state index is 6.22. The van der Waals surface area contributed by atoms with Gasteiger partial charge >= 0.3 is 0 Å². The van der Waals surface area contributed by atoms with Crippen molar-refractivity contribution < 1.29 is 0 Å². The van der Waals surface area contributed by atoms with Crippen LogP contribution in [0.5, 0.6) is 0 Å². The molecule has 0 amide bonds. The Kier molecular flexibility index (Phi) is 3.93. The van der Waals surface area contributed by atoms with E-state index in [0.29, 0.717) is 17.4 Å². The number of hydrogen-bond acceptors (Lipinski definition) is 4. The molecular weight excluding hydrogens is 250 g/mol. The first-order valence-corrected chi connectivity index (χ1v) is 6.37. The van der Waals surface area contributed by atoms with E-state index in [9.17, 15) is 0 Å². The summed E-state index contributed by atoms with van der Waals surface area (Å²) in [7, 11) is 0. The average Bonchev–Trinajstić information content (AvgIpc) is 2.81. The van der Waals surface area contributed by atoms with Gasteiger partial charge in [-0.1, -0.05) is 25.4 Å². The molecule has 0 saturated carbocycles. The Morgan fingerprint density at radius 3 is 2.67 bits per heavy atom. The largest absolute Gasteiger partial charge is 0.326 e. The summed E-state index contributed by atoms with van der Waals surface area (Å²) in [5.41, 5.74) is 6.46. The van der Waals surface area contributed by atoms with Gasteiger partial charge in [-0.05, 0) is 11.6 Å². The van der Waals surface area contributed by atoms with Gasteiger partial charge < -0.3 is 5.73 Å². The zero-order chi connectivity index (χ0) is 13.1. The Morgan fingerprint density at radius 1 is 1.33 bits per heavy atom. The van der Waals surface area contributed by atoms with Crippen LogP contribution in [0.4, 0.5) is 0 Å². The van der Waals surface area contributed by atoms with E-state index in [1.807, 2.05) is 19.9 Å². The van der Waals surface area contributed by atoms with Crippen LogP contribution < -0.4 is 5.73 Å². The lowest BCUT2D eigenvalue weighted by Crippen LogP contribution is -2.07. The highest BCUT2D eigenvalue weighted by Crippen LogP contribution is 2.20. The summed E-state index contributed by atoms with van der Waals surface area (Å²) in [4.78, 5) is 8.76. The van der Waals surface area contributed by atoms with Gasteiger partial charge in [0.1, 0.15) is 5.82 Å². The third-order valence-corrected chi connectivity index (χ3v) is 2.94. The second-order valence-electron chi connectivity index (χ2n) is 3.92. The van der Waals surface area contributed by atoms with Crippen molar-refractivity contribution in [2.45, 2.75) is 33.2 Å². The van der Waals surface area contributed by atoms with E-state index in [1.54, 1.807) is 10.9 Å². The molecule has 2 aromatic heterocycles. The number of pyridine rings is 1. The van der Waals surface area contributed by atoms with Crippen molar-refractivity contribution >= 4 is 11.6 Å². The summed E-state index contributed by atoms with van der Waals surface area (Å²) in [5, 5.41) is 4.96. The molecule has 0 spiro atoms. The van der Waals surface area contributed by atoms with E-state index >= 15 is 0 Å². The molecule has 0 unspecified atom stereocenters. The molecule has 0 aliphatic heterocycles. The van der Waals surface area contributed by atoms with Crippen molar-refractivity contribution in [3.63, 3.8) is 0 Å². The predicted octanol–water partition coefficient (Wildman–Crippen LogP) is 1.90. The van der Waals surface area contributed by atoms with Gasteiger partial charge in [0.25, 0.3) is 0 Å². The highest BCUT2D eigenvalue weighted by molar-refractivity contribution is 6.32. The first-order chi connectivity index (χ1) is 8.69. The van der Waals surface area contributed by atoms with E-state index in [4.69, 9.17) is 17.3 Å². The number of rotatable bonds is 4. The maximum Gasteiger partial charge on any atom is 0.174 e. The number of aryl methyl sites for hydroxylation is 2. The van der Waals surface area contributed by atoms with Crippen LogP contribution in [0.3, 0.4) is 0 Å². The molecule has 0 atom stereocenters. The van der Waals surface area contributed by atoms with E-state index < -0.39 is 0 Å². The normalized spacial score (nSPS) is 10.9. The standard InChI is InChI=1S/C12H16ClN5/c1-3-10-16-11(4-2)18(17-10)12-9(13)5-8(6-14)7-15-12/h5,7H,3-4,6,14H2,1-2H3. The summed E-state index contributed by atoms with van der Waals surface area (Å²) < 4.78 is 1.71.